The maximum Gasteiger partial charge on any atom is 3.00 e. The van der Waals surface area contributed by atoms with E-state index in [1.165, 1.54) is 0 Å². The van der Waals surface area contributed by atoms with Gasteiger partial charge in [0.2, 0.25) is 0 Å². The van der Waals surface area contributed by atoms with Gasteiger partial charge in [0.05, 0.1) is 0 Å². The van der Waals surface area contributed by atoms with Crippen molar-refractivity contribution in [2.24, 2.45) is 0 Å². The molecule has 7 heavy (non-hydrogen) atoms. The van der Waals surface area contributed by atoms with Crippen LogP contribution in [0, 0.1) is 20.8 Å². The first kappa shape index (κ1) is 25.2. The summed E-state index contributed by atoms with van der Waals surface area (Å²) < 4.78 is 0. The Morgan fingerprint density at radius 3 is 0.571 bits per heavy atom. The van der Waals surface area contributed by atoms with E-state index in [4.69, 9.17) is 0 Å². The zero-order chi connectivity index (χ0) is 6.00. The van der Waals surface area contributed by atoms with Crippen LogP contribution >= 0.6 is 0 Å². The van der Waals surface area contributed by atoms with E-state index in [-0.39, 0.29) is 21.7 Å². The first-order valence-corrected chi connectivity index (χ1v) is 2.12. The second kappa shape index (κ2) is 430. The van der Waals surface area contributed by atoms with Crippen LogP contribution in [0.3, 0.4) is 0 Å². The molecule has 0 rings (SSSR count). The van der Waals surface area contributed by atoms with E-state index in [2.05, 4.69) is 20.8 Å². The Labute approximate surface area is 63.6 Å². The van der Waals surface area contributed by atoms with E-state index in [1.807, 2.05) is 0 Å². The van der Waals surface area contributed by atoms with Gasteiger partial charge >= 0.3 is 21.7 Å². The molecule has 0 aliphatic rings. The molecule has 0 spiro atoms. The predicted octanol–water partition coefficient (Wildman–Crippen LogP) is 2.52. The Balaban J connectivity index is -0.00000000900. The van der Waals surface area contributed by atoms with Crippen LogP contribution in [-0.4, -0.2) is 0 Å². The number of rotatable bonds is 0. The van der Waals surface area contributed by atoms with Gasteiger partial charge in [0, 0.05) is 0 Å². The monoisotopic (exact) mass is 135 g/mol. The average Bonchev–Trinajstić information content (AvgIpc) is 1.81. The van der Waals surface area contributed by atoms with Gasteiger partial charge in [-0.25, -0.2) is 0 Å². The quantitative estimate of drug-likeness (QED) is 0.353. The molecule has 0 aliphatic carbocycles. The molecule has 0 heterocycles. The molecule has 1 heteroatoms. The molecular weight excluding hydrogens is 120 g/mol. The molecule has 0 nitrogen and oxygen atoms in total. The largest absolute Gasteiger partial charge is 3.00 e. The van der Waals surface area contributed by atoms with Gasteiger partial charge in [-0.1, -0.05) is 0 Å². The summed E-state index contributed by atoms with van der Waals surface area (Å²) >= 11 is 0. The maximum atomic E-state index is 3.25. The minimum Gasteiger partial charge on any atom is -0.346 e. The molecule has 0 bridgehead atoms. The van der Waals surface area contributed by atoms with Crippen molar-refractivity contribution in [3.63, 3.8) is 0 Å². The van der Waals surface area contributed by atoms with Crippen molar-refractivity contribution in [2.75, 3.05) is 0 Å². The molecule has 0 unspecified atom stereocenters. The minimum absolute atomic E-state index is 0. The van der Waals surface area contributed by atoms with Crippen LogP contribution in [0.25, 0.3) is 0 Å². The fourth-order valence-corrected chi connectivity index (χ4v) is 0. The van der Waals surface area contributed by atoms with E-state index in [0.717, 1.165) is 0 Å². The smallest absolute Gasteiger partial charge is 0.346 e. The SMILES string of the molecule is [CH2-]C.[CH2-]C.[CH2-]C.[Ti+3]. The molecular formula is C6H15Ti. The van der Waals surface area contributed by atoms with E-state index in [9.17, 15) is 0 Å². The summed E-state index contributed by atoms with van der Waals surface area (Å²) in [6.45, 7) is 15.0. The summed E-state index contributed by atoms with van der Waals surface area (Å²) in [5.74, 6) is 0. The zero-order valence-electron chi connectivity index (χ0n) is 5.62. The van der Waals surface area contributed by atoms with Crippen molar-refractivity contribution in [1.29, 1.82) is 0 Å². The second-order valence-electron chi connectivity index (χ2n) is 0. The van der Waals surface area contributed by atoms with E-state index in [1.54, 1.807) is 20.8 Å². The fourth-order valence-electron chi connectivity index (χ4n) is 0. The van der Waals surface area contributed by atoms with Crippen LogP contribution in [0.5, 0.6) is 0 Å². The third kappa shape index (κ3) is 292. The summed E-state index contributed by atoms with van der Waals surface area (Å²) in [5, 5.41) is 0. The Hall–Kier alpha value is 0.714. The summed E-state index contributed by atoms with van der Waals surface area (Å²) in [6, 6.07) is 0. The predicted molar refractivity (Wildman–Crippen MR) is 33.1 cm³/mol. The zero-order valence-corrected chi connectivity index (χ0v) is 7.18. The summed E-state index contributed by atoms with van der Waals surface area (Å²) in [6.07, 6.45) is 0. The van der Waals surface area contributed by atoms with Crippen LogP contribution in [0.15, 0.2) is 0 Å². The van der Waals surface area contributed by atoms with Gasteiger partial charge in [0.25, 0.3) is 0 Å². The van der Waals surface area contributed by atoms with Gasteiger partial charge in [-0.05, 0) is 0 Å². The molecule has 0 saturated carbocycles. The molecule has 0 atom stereocenters. The first-order chi connectivity index (χ1) is 3.00. The average molecular weight is 135 g/mol. The molecule has 43 valence electrons. The third-order valence-corrected chi connectivity index (χ3v) is 0. The van der Waals surface area contributed by atoms with Crippen molar-refractivity contribution in [3.8, 4) is 0 Å². The number of hydrogen-bond donors (Lipinski definition) is 0. The molecule has 0 aromatic carbocycles. The first-order valence-electron chi connectivity index (χ1n) is 2.12. The summed E-state index contributed by atoms with van der Waals surface area (Å²) in [7, 11) is 0. The van der Waals surface area contributed by atoms with Crippen molar-refractivity contribution >= 4 is 0 Å². The van der Waals surface area contributed by atoms with Crippen LogP contribution in [0.2, 0.25) is 0 Å². The van der Waals surface area contributed by atoms with Crippen LogP contribution < -0.4 is 0 Å². The molecule has 0 N–H and O–H groups in total. The molecule has 0 amide bonds. The van der Waals surface area contributed by atoms with Gasteiger partial charge in [0.15, 0.2) is 0 Å². The Kier molecular flexibility index (Phi) is 1550. The van der Waals surface area contributed by atoms with Crippen molar-refractivity contribution in [2.45, 2.75) is 20.8 Å². The topological polar surface area (TPSA) is 0 Å². The summed E-state index contributed by atoms with van der Waals surface area (Å²) in [5.41, 5.74) is 0. The van der Waals surface area contributed by atoms with Gasteiger partial charge in [-0.3, -0.25) is 0 Å². The van der Waals surface area contributed by atoms with Crippen molar-refractivity contribution in [1.82, 2.24) is 0 Å². The second-order valence-corrected chi connectivity index (χ2v) is 0. The number of hydrogen-bond acceptors (Lipinski definition) is 0. The van der Waals surface area contributed by atoms with Crippen LogP contribution in [0.1, 0.15) is 20.8 Å². The van der Waals surface area contributed by atoms with E-state index >= 15 is 0 Å². The molecule has 0 aromatic heterocycles. The van der Waals surface area contributed by atoms with Gasteiger partial charge < -0.3 is 20.8 Å². The molecule has 0 aromatic rings. The van der Waals surface area contributed by atoms with Crippen LogP contribution in [0.4, 0.5) is 0 Å². The molecule has 0 saturated heterocycles. The molecule has 1 radical (unpaired) electrons. The molecule has 0 aliphatic heterocycles. The fraction of sp³-hybridized carbons (Fsp3) is 0.500. The van der Waals surface area contributed by atoms with Gasteiger partial charge in [0.1, 0.15) is 0 Å². The van der Waals surface area contributed by atoms with Gasteiger partial charge in [-0.15, -0.1) is 0 Å². The Morgan fingerprint density at radius 2 is 0.571 bits per heavy atom. The maximum absolute atomic E-state index is 3.25. The normalized spacial score (nSPS) is 2.57. The van der Waals surface area contributed by atoms with Crippen molar-refractivity contribution < 1.29 is 21.7 Å². The van der Waals surface area contributed by atoms with Crippen molar-refractivity contribution in [3.05, 3.63) is 20.8 Å². The van der Waals surface area contributed by atoms with E-state index in [0.29, 0.717) is 0 Å². The van der Waals surface area contributed by atoms with Gasteiger partial charge in [-0.2, -0.15) is 20.8 Å². The minimum atomic E-state index is 0. The summed E-state index contributed by atoms with van der Waals surface area (Å²) in [4.78, 5) is 0. The molecule has 0 fully saturated rings. The third-order valence-electron chi connectivity index (χ3n) is 0. The Bertz CT molecular complexity index is 4.14. The Morgan fingerprint density at radius 1 is 0.571 bits per heavy atom. The van der Waals surface area contributed by atoms with E-state index < -0.39 is 0 Å². The standard InChI is InChI=1S/3C2H5.Ti/c3*1-2;/h3*1H2,2H3;/q3*-1;+3. The van der Waals surface area contributed by atoms with Crippen LogP contribution in [-0.2, 0) is 21.7 Å².